The van der Waals surface area contributed by atoms with Crippen molar-refractivity contribution in [1.29, 1.82) is 0 Å². The summed E-state index contributed by atoms with van der Waals surface area (Å²) in [6, 6.07) is 6.61. The normalized spacial score (nSPS) is 10.2. The van der Waals surface area contributed by atoms with Gasteiger partial charge in [-0.1, -0.05) is 13.3 Å². The molecule has 0 atom stereocenters. The lowest BCUT2D eigenvalue weighted by atomic mass is 10.2. The van der Waals surface area contributed by atoms with Crippen LogP contribution in [0.5, 0.6) is 0 Å². The van der Waals surface area contributed by atoms with Crippen LogP contribution in [-0.2, 0) is 4.79 Å². The first kappa shape index (κ1) is 15.0. The van der Waals surface area contributed by atoms with Gasteiger partial charge in [0.2, 0.25) is 6.41 Å². The van der Waals surface area contributed by atoms with Crippen LogP contribution in [0.2, 0.25) is 0 Å². The van der Waals surface area contributed by atoms with Crippen LogP contribution in [0, 0.1) is 5.82 Å². The summed E-state index contributed by atoms with van der Waals surface area (Å²) in [4.78, 5) is 16.8. The van der Waals surface area contributed by atoms with Crippen molar-refractivity contribution in [3.8, 4) is 0 Å². The fourth-order valence-corrected chi connectivity index (χ4v) is 2.06. The second kappa shape index (κ2) is 7.38. The largest absolute Gasteiger partial charge is 0.359 e. The number of benzene rings is 1. The molecular formula is C16H18FN3O. The highest BCUT2D eigenvalue weighted by Crippen LogP contribution is 2.24. The van der Waals surface area contributed by atoms with E-state index >= 15 is 0 Å². The number of aromatic nitrogens is 2. The average Bonchev–Trinajstić information content (AvgIpc) is 2.87. The molecule has 0 radical (unpaired) electrons. The predicted octanol–water partition coefficient (Wildman–Crippen LogP) is 3.39. The fraction of sp³-hybridized carbons (Fsp3) is 0.250. The van der Waals surface area contributed by atoms with Gasteiger partial charge in [-0.15, -0.1) is 0 Å². The standard InChI is InChI=1S/C11H7FN2.C5H11NO/c12-7-1-2-10-9(5-7)8-3-4-13-6-11(8)14-10;1-2-3-4-6-5-7/h1-6,14H;5H,2-4H2,1H3,(H,6,7). The predicted molar refractivity (Wildman–Crippen MR) is 82.5 cm³/mol. The number of pyridine rings is 1. The van der Waals surface area contributed by atoms with E-state index in [0.717, 1.165) is 47.6 Å². The number of rotatable bonds is 4. The number of aromatic amines is 1. The maximum atomic E-state index is 13.0. The van der Waals surface area contributed by atoms with E-state index in [1.54, 1.807) is 18.5 Å². The van der Waals surface area contributed by atoms with Crippen LogP contribution in [0.4, 0.5) is 4.39 Å². The lowest BCUT2D eigenvalue weighted by molar-refractivity contribution is -0.109. The van der Waals surface area contributed by atoms with E-state index < -0.39 is 0 Å². The molecule has 1 aromatic carbocycles. The molecule has 21 heavy (non-hydrogen) atoms. The Hall–Kier alpha value is -2.43. The van der Waals surface area contributed by atoms with Gasteiger partial charge in [-0.3, -0.25) is 9.78 Å². The van der Waals surface area contributed by atoms with Gasteiger partial charge in [0.15, 0.2) is 0 Å². The first-order chi connectivity index (χ1) is 10.3. The van der Waals surface area contributed by atoms with Crippen molar-refractivity contribution in [3.05, 3.63) is 42.5 Å². The van der Waals surface area contributed by atoms with Crippen molar-refractivity contribution in [1.82, 2.24) is 15.3 Å². The Morgan fingerprint density at radius 2 is 2.14 bits per heavy atom. The van der Waals surface area contributed by atoms with Gasteiger partial charge in [-0.25, -0.2) is 4.39 Å². The van der Waals surface area contributed by atoms with Gasteiger partial charge in [-0.2, -0.15) is 0 Å². The van der Waals surface area contributed by atoms with E-state index in [9.17, 15) is 9.18 Å². The number of fused-ring (bicyclic) bond motifs is 3. The fourth-order valence-electron chi connectivity index (χ4n) is 2.06. The highest BCUT2D eigenvalue weighted by molar-refractivity contribution is 6.06. The number of hydrogen-bond acceptors (Lipinski definition) is 2. The Labute approximate surface area is 122 Å². The Kier molecular flexibility index (Phi) is 5.26. The van der Waals surface area contributed by atoms with Gasteiger partial charge in [-0.05, 0) is 30.7 Å². The van der Waals surface area contributed by atoms with Crippen LogP contribution in [0.3, 0.4) is 0 Å². The van der Waals surface area contributed by atoms with Gasteiger partial charge in [0.1, 0.15) is 5.82 Å². The summed E-state index contributed by atoms with van der Waals surface area (Å²) in [5.41, 5.74) is 1.88. The zero-order valence-corrected chi connectivity index (χ0v) is 11.9. The van der Waals surface area contributed by atoms with E-state index in [0.29, 0.717) is 0 Å². The molecule has 110 valence electrons. The Morgan fingerprint density at radius 1 is 1.29 bits per heavy atom. The van der Waals surface area contributed by atoms with Crippen LogP contribution < -0.4 is 5.32 Å². The maximum absolute atomic E-state index is 13.0. The molecule has 2 aromatic heterocycles. The van der Waals surface area contributed by atoms with Gasteiger partial charge < -0.3 is 10.3 Å². The SMILES string of the molecule is CCCCNC=O.Fc1ccc2[nH]c3cnccc3c2c1. The lowest BCUT2D eigenvalue weighted by Gasteiger charge is -1.90. The highest BCUT2D eigenvalue weighted by atomic mass is 19.1. The van der Waals surface area contributed by atoms with Crippen molar-refractivity contribution < 1.29 is 9.18 Å². The summed E-state index contributed by atoms with van der Waals surface area (Å²) in [5.74, 6) is -0.213. The molecule has 0 aliphatic rings. The van der Waals surface area contributed by atoms with Crippen LogP contribution in [0.25, 0.3) is 21.8 Å². The van der Waals surface area contributed by atoms with Crippen molar-refractivity contribution >= 4 is 28.2 Å². The first-order valence-corrected chi connectivity index (χ1v) is 6.94. The minimum atomic E-state index is -0.213. The van der Waals surface area contributed by atoms with Crippen LogP contribution in [-0.4, -0.2) is 22.9 Å². The number of carbonyl (C=O) groups is 1. The number of unbranched alkanes of at least 4 members (excludes halogenated alkanes) is 1. The molecule has 0 saturated carbocycles. The maximum Gasteiger partial charge on any atom is 0.207 e. The van der Waals surface area contributed by atoms with Gasteiger partial charge in [0, 0.05) is 29.0 Å². The molecular weight excluding hydrogens is 269 g/mol. The molecule has 0 aliphatic carbocycles. The monoisotopic (exact) mass is 287 g/mol. The van der Waals surface area contributed by atoms with Crippen LogP contribution in [0.15, 0.2) is 36.7 Å². The molecule has 0 bridgehead atoms. The molecule has 1 amide bonds. The zero-order valence-electron chi connectivity index (χ0n) is 11.9. The summed E-state index contributed by atoms with van der Waals surface area (Å²) in [5, 5.41) is 4.48. The van der Waals surface area contributed by atoms with Crippen LogP contribution >= 0.6 is 0 Å². The number of halogens is 1. The van der Waals surface area contributed by atoms with E-state index in [4.69, 9.17) is 0 Å². The summed E-state index contributed by atoms with van der Waals surface area (Å²) in [6.45, 7) is 2.91. The van der Waals surface area contributed by atoms with Gasteiger partial charge in [0.05, 0.1) is 11.7 Å². The van der Waals surface area contributed by atoms with Crippen molar-refractivity contribution in [3.63, 3.8) is 0 Å². The zero-order chi connectivity index (χ0) is 15.1. The molecule has 3 aromatic rings. The summed E-state index contributed by atoms with van der Waals surface area (Å²) >= 11 is 0. The molecule has 4 nitrogen and oxygen atoms in total. The van der Waals surface area contributed by atoms with E-state index in [1.165, 1.54) is 12.1 Å². The number of nitrogens with one attached hydrogen (secondary N) is 2. The Bertz CT molecular complexity index is 724. The minimum absolute atomic E-state index is 0.213. The Morgan fingerprint density at radius 3 is 2.90 bits per heavy atom. The van der Waals surface area contributed by atoms with Gasteiger partial charge >= 0.3 is 0 Å². The molecule has 5 heteroatoms. The number of H-pyrrole nitrogens is 1. The van der Waals surface area contributed by atoms with Gasteiger partial charge in [0.25, 0.3) is 0 Å². The Balaban J connectivity index is 0.000000199. The van der Waals surface area contributed by atoms with Crippen molar-refractivity contribution in [2.45, 2.75) is 19.8 Å². The summed E-state index contributed by atoms with van der Waals surface area (Å²) in [6.07, 6.45) is 6.41. The van der Waals surface area contributed by atoms with E-state index in [-0.39, 0.29) is 5.82 Å². The number of nitrogens with zero attached hydrogens (tertiary/aromatic N) is 1. The molecule has 3 rings (SSSR count). The number of amides is 1. The third kappa shape index (κ3) is 3.78. The summed E-state index contributed by atoms with van der Waals surface area (Å²) in [7, 11) is 0. The number of carbonyl (C=O) groups excluding carboxylic acids is 1. The van der Waals surface area contributed by atoms with E-state index in [1.807, 2.05) is 6.07 Å². The molecule has 0 saturated heterocycles. The van der Waals surface area contributed by atoms with Crippen molar-refractivity contribution in [2.24, 2.45) is 0 Å². The minimum Gasteiger partial charge on any atom is -0.359 e. The van der Waals surface area contributed by atoms with Crippen LogP contribution in [0.1, 0.15) is 19.8 Å². The highest BCUT2D eigenvalue weighted by Gasteiger charge is 2.03. The van der Waals surface area contributed by atoms with Crippen molar-refractivity contribution in [2.75, 3.05) is 6.54 Å². The smallest absolute Gasteiger partial charge is 0.207 e. The number of hydrogen-bond donors (Lipinski definition) is 2. The van der Waals surface area contributed by atoms with E-state index in [2.05, 4.69) is 22.2 Å². The lowest BCUT2D eigenvalue weighted by Crippen LogP contribution is -2.11. The second-order valence-corrected chi connectivity index (χ2v) is 4.66. The molecule has 0 aliphatic heterocycles. The second-order valence-electron chi connectivity index (χ2n) is 4.66. The molecule has 0 fully saturated rings. The third-order valence-electron chi connectivity index (χ3n) is 3.12. The first-order valence-electron chi connectivity index (χ1n) is 6.94. The topological polar surface area (TPSA) is 57.8 Å². The quantitative estimate of drug-likeness (QED) is 0.571. The molecule has 0 spiro atoms. The third-order valence-corrected chi connectivity index (χ3v) is 3.12. The molecule has 0 unspecified atom stereocenters. The molecule has 2 heterocycles. The summed E-state index contributed by atoms with van der Waals surface area (Å²) < 4.78 is 13.0. The molecule has 2 N–H and O–H groups in total. The average molecular weight is 287 g/mol.